The van der Waals surface area contributed by atoms with E-state index in [0.29, 0.717) is 6.04 Å². The molecule has 98 valence electrons. The second-order valence-electron chi connectivity index (χ2n) is 4.87. The van der Waals surface area contributed by atoms with Crippen LogP contribution >= 0.6 is 11.3 Å². The second-order valence-corrected chi connectivity index (χ2v) is 5.65. The van der Waals surface area contributed by atoms with Crippen LogP contribution in [0.3, 0.4) is 0 Å². The fourth-order valence-corrected chi connectivity index (χ4v) is 2.91. The van der Waals surface area contributed by atoms with Crippen LogP contribution in [-0.4, -0.2) is 6.04 Å². The Morgan fingerprint density at radius 1 is 1.26 bits per heavy atom. The van der Waals surface area contributed by atoms with Gasteiger partial charge in [0.05, 0.1) is 6.54 Å². The molecule has 0 spiro atoms. The van der Waals surface area contributed by atoms with Crippen LogP contribution in [0.4, 0.5) is 0 Å². The molecule has 1 aromatic carbocycles. The van der Waals surface area contributed by atoms with Gasteiger partial charge in [-0.05, 0) is 47.9 Å². The van der Waals surface area contributed by atoms with Crippen molar-refractivity contribution in [2.24, 2.45) is 0 Å². The lowest BCUT2D eigenvalue weighted by Crippen LogP contribution is -2.27. The quantitative estimate of drug-likeness (QED) is 0.751. The van der Waals surface area contributed by atoms with E-state index in [4.69, 9.17) is 4.42 Å². The Kier molecular flexibility index (Phi) is 3.67. The van der Waals surface area contributed by atoms with Crippen molar-refractivity contribution in [2.75, 3.05) is 0 Å². The molecule has 3 rings (SSSR count). The maximum absolute atomic E-state index is 5.79. The number of para-hydroxylation sites is 1. The summed E-state index contributed by atoms with van der Waals surface area (Å²) in [4.78, 5) is 0. The van der Waals surface area contributed by atoms with Crippen LogP contribution in [-0.2, 0) is 13.0 Å². The summed E-state index contributed by atoms with van der Waals surface area (Å²) in [6.07, 6.45) is 1.06. The smallest absolute Gasteiger partial charge is 0.134 e. The minimum atomic E-state index is 0.447. The zero-order valence-electron chi connectivity index (χ0n) is 10.9. The molecule has 0 aliphatic carbocycles. The predicted octanol–water partition coefficient (Wildman–Crippen LogP) is 4.22. The summed E-state index contributed by atoms with van der Waals surface area (Å²) in [5.41, 5.74) is 2.36. The highest BCUT2D eigenvalue weighted by molar-refractivity contribution is 7.07. The Morgan fingerprint density at radius 2 is 2.16 bits per heavy atom. The van der Waals surface area contributed by atoms with E-state index in [1.165, 1.54) is 10.9 Å². The minimum absolute atomic E-state index is 0.447. The molecule has 2 heterocycles. The average molecular weight is 271 g/mol. The maximum atomic E-state index is 5.79. The molecule has 0 amide bonds. The van der Waals surface area contributed by atoms with Crippen LogP contribution in [0.1, 0.15) is 18.2 Å². The molecular weight excluding hydrogens is 254 g/mol. The number of rotatable bonds is 5. The van der Waals surface area contributed by atoms with Gasteiger partial charge in [0.2, 0.25) is 0 Å². The summed E-state index contributed by atoms with van der Waals surface area (Å²) in [7, 11) is 0. The van der Waals surface area contributed by atoms with Crippen molar-refractivity contribution in [2.45, 2.75) is 25.9 Å². The molecule has 0 saturated heterocycles. The van der Waals surface area contributed by atoms with Crippen LogP contribution in [0.15, 0.2) is 51.6 Å². The van der Waals surface area contributed by atoms with Crippen molar-refractivity contribution < 1.29 is 4.42 Å². The molecule has 2 nitrogen and oxygen atoms in total. The lowest BCUT2D eigenvalue weighted by atomic mass is 10.1. The third-order valence-corrected chi connectivity index (χ3v) is 3.96. The summed E-state index contributed by atoms with van der Waals surface area (Å²) < 4.78 is 5.79. The van der Waals surface area contributed by atoms with E-state index in [-0.39, 0.29) is 0 Å². The fraction of sp³-hybridized carbons (Fsp3) is 0.250. The molecule has 1 unspecified atom stereocenters. The number of nitrogens with one attached hydrogen (secondary N) is 1. The SMILES string of the molecule is CC(Cc1ccsc1)NCc1cc2ccccc2o1. The van der Waals surface area contributed by atoms with Gasteiger partial charge in [-0.25, -0.2) is 0 Å². The van der Waals surface area contributed by atoms with Gasteiger partial charge in [0.15, 0.2) is 0 Å². The first kappa shape index (κ1) is 12.5. The first-order valence-corrected chi connectivity index (χ1v) is 7.47. The van der Waals surface area contributed by atoms with Crippen LogP contribution < -0.4 is 5.32 Å². The monoisotopic (exact) mass is 271 g/mol. The highest BCUT2D eigenvalue weighted by Crippen LogP contribution is 2.18. The molecule has 0 radical (unpaired) electrons. The lowest BCUT2D eigenvalue weighted by molar-refractivity contribution is 0.473. The highest BCUT2D eigenvalue weighted by Gasteiger charge is 2.06. The second kappa shape index (κ2) is 5.59. The van der Waals surface area contributed by atoms with Crippen LogP contribution in [0.25, 0.3) is 11.0 Å². The van der Waals surface area contributed by atoms with E-state index < -0.39 is 0 Å². The summed E-state index contributed by atoms with van der Waals surface area (Å²) in [5, 5.41) is 9.01. The van der Waals surface area contributed by atoms with Gasteiger partial charge in [0.25, 0.3) is 0 Å². The van der Waals surface area contributed by atoms with Crippen LogP contribution in [0, 0.1) is 0 Å². The zero-order valence-corrected chi connectivity index (χ0v) is 11.7. The number of hydrogen-bond acceptors (Lipinski definition) is 3. The maximum Gasteiger partial charge on any atom is 0.134 e. The third kappa shape index (κ3) is 3.06. The number of benzene rings is 1. The van der Waals surface area contributed by atoms with E-state index in [1.54, 1.807) is 11.3 Å². The van der Waals surface area contributed by atoms with E-state index >= 15 is 0 Å². The van der Waals surface area contributed by atoms with Gasteiger partial charge in [-0.15, -0.1) is 0 Å². The zero-order chi connectivity index (χ0) is 13.1. The van der Waals surface area contributed by atoms with Gasteiger partial charge in [-0.2, -0.15) is 11.3 Å². The fourth-order valence-electron chi connectivity index (χ4n) is 2.23. The average Bonchev–Trinajstić information content (AvgIpc) is 3.04. The number of furan rings is 1. The summed E-state index contributed by atoms with van der Waals surface area (Å²) in [5.74, 6) is 0.998. The molecule has 1 N–H and O–H groups in total. The van der Waals surface area contributed by atoms with Gasteiger partial charge in [0, 0.05) is 11.4 Å². The molecule has 1 atom stereocenters. The third-order valence-electron chi connectivity index (χ3n) is 3.22. The van der Waals surface area contributed by atoms with Crippen molar-refractivity contribution in [3.8, 4) is 0 Å². The Bertz CT molecular complexity index is 609. The van der Waals surface area contributed by atoms with E-state index in [9.17, 15) is 0 Å². The van der Waals surface area contributed by atoms with Crippen molar-refractivity contribution in [3.63, 3.8) is 0 Å². The normalized spacial score (nSPS) is 12.9. The minimum Gasteiger partial charge on any atom is -0.460 e. The van der Waals surface area contributed by atoms with Gasteiger partial charge >= 0.3 is 0 Å². The molecule has 3 heteroatoms. The molecule has 19 heavy (non-hydrogen) atoms. The van der Waals surface area contributed by atoms with Gasteiger partial charge in [-0.3, -0.25) is 0 Å². The van der Waals surface area contributed by atoms with Crippen molar-refractivity contribution in [1.29, 1.82) is 0 Å². The Hall–Kier alpha value is -1.58. The van der Waals surface area contributed by atoms with Gasteiger partial charge in [0.1, 0.15) is 11.3 Å². The Balaban J connectivity index is 1.59. The molecule has 2 aromatic heterocycles. The van der Waals surface area contributed by atoms with Crippen molar-refractivity contribution >= 4 is 22.3 Å². The van der Waals surface area contributed by atoms with E-state index in [0.717, 1.165) is 24.3 Å². The number of fused-ring (bicyclic) bond motifs is 1. The predicted molar refractivity (Wildman–Crippen MR) is 80.5 cm³/mol. The largest absolute Gasteiger partial charge is 0.460 e. The van der Waals surface area contributed by atoms with E-state index in [2.05, 4.69) is 41.2 Å². The molecule has 3 aromatic rings. The Morgan fingerprint density at radius 3 is 2.95 bits per heavy atom. The topological polar surface area (TPSA) is 25.2 Å². The van der Waals surface area contributed by atoms with Crippen molar-refractivity contribution in [1.82, 2.24) is 5.32 Å². The highest BCUT2D eigenvalue weighted by atomic mass is 32.1. The number of hydrogen-bond donors (Lipinski definition) is 1. The van der Waals surface area contributed by atoms with Gasteiger partial charge in [-0.1, -0.05) is 18.2 Å². The molecular formula is C16H17NOS. The molecule has 0 aliphatic rings. The van der Waals surface area contributed by atoms with Crippen LogP contribution in [0.5, 0.6) is 0 Å². The molecule has 0 bridgehead atoms. The first-order chi connectivity index (χ1) is 9.31. The standard InChI is InChI=1S/C16H17NOS/c1-12(8-13-6-7-19-11-13)17-10-15-9-14-4-2-3-5-16(14)18-15/h2-7,9,11-12,17H,8,10H2,1H3. The first-order valence-electron chi connectivity index (χ1n) is 6.53. The molecule has 0 fully saturated rings. The van der Waals surface area contributed by atoms with E-state index in [1.807, 2.05) is 18.2 Å². The molecule has 0 aliphatic heterocycles. The summed E-state index contributed by atoms with van der Waals surface area (Å²) in [6, 6.07) is 12.9. The summed E-state index contributed by atoms with van der Waals surface area (Å²) in [6.45, 7) is 2.99. The van der Waals surface area contributed by atoms with Gasteiger partial charge < -0.3 is 9.73 Å². The number of thiophene rings is 1. The molecule has 0 saturated carbocycles. The van der Waals surface area contributed by atoms with Crippen molar-refractivity contribution in [3.05, 3.63) is 58.5 Å². The Labute approximate surface area is 117 Å². The summed E-state index contributed by atoms with van der Waals surface area (Å²) >= 11 is 1.75. The van der Waals surface area contributed by atoms with Crippen LogP contribution in [0.2, 0.25) is 0 Å². The lowest BCUT2D eigenvalue weighted by Gasteiger charge is -2.11.